The lowest BCUT2D eigenvalue weighted by atomic mass is 10.0. The number of carbonyl (C=O) groups excluding carboxylic acids is 2. The van der Waals surface area contributed by atoms with E-state index >= 15 is 0 Å². The van der Waals surface area contributed by atoms with Crippen molar-refractivity contribution in [2.45, 2.75) is 65.3 Å². The molecule has 12 heteroatoms. The molecule has 11 nitrogen and oxygen atoms in total. The number of benzene rings is 3. The van der Waals surface area contributed by atoms with Crippen molar-refractivity contribution in [2.24, 2.45) is 0 Å². The van der Waals surface area contributed by atoms with E-state index in [1.165, 1.54) is 5.56 Å². The number of nitrogens with zero attached hydrogens (tertiary/aromatic N) is 5. The van der Waals surface area contributed by atoms with Crippen LogP contribution in [-0.4, -0.2) is 88.9 Å². The summed E-state index contributed by atoms with van der Waals surface area (Å²) in [4.78, 5) is 36.8. The average Bonchev–Trinajstić information content (AvgIpc) is 3.64. The zero-order chi connectivity index (χ0) is 38.3. The van der Waals surface area contributed by atoms with Gasteiger partial charge in [0, 0.05) is 105 Å². The second-order valence-corrected chi connectivity index (χ2v) is 14.9. The molecule has 5 aromatic rings. The smallest absolute Gasteiger partial charge is 0.251 e. The molecule has 2 aliphatic heterocycles. The molecular formula is C43H51ClN8O3. The Labute approximate surface area is 328 Å². The van der Waals surface area contributed by atoms with E-state index in [-0.39, 0.29) is 24.4 Å². The highest BCUT2D eigenvalue weighted by Gasteiger charge is 2.23. The van der Waals surface area contributed by atoms with Gasteiger partial charge in [-0.05, 0) is 86.3 Å². The van der Waals surface area contributed by atoms with Crippen LogP contribution in [0.5, 0.6) is 0 Å². The first-order valence-electron chi connectivity index (χ1n) is 19.5. The number of pyridine rings is 1. The van der Waals surface area contributed by atoms with E-state index in [1.807, 2.05) is 29.1 Å². The van der Waals surface area contributed by atoms with E-state index in [9.17, 15) is 9.59 Å². The van der Waals surface area contributed by atoms with Gasteiger partial charge in [0.15, 0.2) is 5.65 Å². The highest BCUT2D eigenvalue weighted by molar-refractivity contribution is 6.33. The number of hydrogen-bond donors (Lipinski definition) is 3. The molecule has 2 fully saturated rings. The van der Waals surface area contributed by atoms with Crippen molar-refractivity contribution in [3.8, 4) is 11.1 Å². The number of fused-ring (bicyclic) bond motifs is 1. The summed E-state index contributed by atoms with van der Waals surface area (Å²) in [6.45, 7) is 12.0. The minimum Gasteiger partial charge on any atom is -0.381 e. The van der Waals surface area contributed by atoms with Crippen molar-refractivity contribution in [1.29, 1.82) is 0 Å². The van der Waals surface area contributed by atoms with Gasteiger partial charge in [0.25, 0.3) is 11.8 Å². The maximum atomic E-state index is 13.6. The van der Waals surface area contributed by atoms with Gasteiger partial charge < -0.3 is 25.6 Å². The summed E-state index contributed by atoms with van der Waals surface area (Å²) in [5, 5.41) is 16.1. The third-order valence-electron chi connectivity index (χ3n) is 10.7. The summed E-state index contributed by atoms with van der Waals surface area (Å²) in [5.41, 5.74) is 8.63. The van der Waals surface area contributed by atoms with Crippen LogP contribution in [0.1, 0.15) is 69.8 Å². The molecule has 2 amide bonds. The SMILES string of the molecule is CCc1nc2c(cnn2CC)c(NC2CCOCC2)c1CNC(=O)c1cccc(C(=O)NCc2ccc(Cl)c(-c3cccc(CN4CCN(C)CC4)c3)c2)c1. The number of carbonyl (C=O) groups is 2. The second-order valence-electron chi connectivity index (χ2n) is 14.5. The minimum absolute atomic E-state index is 0.251. The molecule has 0 spiro atoms. The molecule has 0 bridgehead atoms. The first kappa shape index (κ1) is 38.5. The Bertz CT molecular complexity index is 2140. The van der Waals surface area contributed by atoms with Crippen LogP contribution >= 0.6 is 11.6 Å². The van der Waals surface area contributed by atoms with Crippen molar-refractivity contribution in [1.82, 2.24) is 35.2 Å². The minimum atomic E-state index is -0.268. The number of halogens is 1. The first-order chi connectivity index (χ1) is 26.8. The zero-order valence-electron chi connectivity index (χ0n) is 32.0. The second kappa shape index (κ2) is 17.8. The largest absolute Gasteiger partial charge is 0.381 e. The highest BCUT2D eigenvalue weighted by atomic mass is 35.5. The van der Waals surface area contributed by atoms with Crippen molar-refractivity contribution >= 4 is 40.1 Å². The fourth-order valence-electron chi connectivity index (χ4n) is 7.46. The standard InChI is InChI=1S/C43H51ClN8O3/c1-4-39-36(40(48-34-14-20-55-21-15-34)37-27-47-52(5-2)41(37)49-39)26-46-43(54)33-11-7-10-32(24-33)42(53)45-25-29-12-13-38(44)35(23-29)31-9-6-8-30(22-31)28-51-18-16-50(3)17-19-51/h6-13,22-24,27,34H,4-5,14-21,25-26,28H2,1-3H3,(H,45,53)(H,46,54)(H,48,49). The number of aryl methyl sites for hydroxylation is 2. The summed E-state index contributed by atoms with van der Waals surface area (Å²) >= 11 is 6.71. The Kier molecular flexibility index (Phi) is 12.4. The van der Waals surface area contributed by atoms with Crippen LogP contribution in [0.25, 0.3) is 22.2 Å². The molecule has 4 heterocycles. The van der Waals surface area contributed by atoms with Crippen molar-refractivity contribution in [3.63, 3.8) is 0 Å². The first-order valence-corrected chi connectivity index (χ1v) is 19.8. The number of piperazine rings is 1. The maximum absolute atomic E-state index is 13.6. The maximum Gasteiger partial charge on any atom is 0.251 e. The van der Waals surface area contributed by atoms with Crippen LogP contribution in [-0.2, 0) is 37.3 Å². The van der Waals surface area contributed by atoms with Gasteiger partial charge in [0.05, 0.1) is 17.3 Å². The van der Waals surface area contributed by atoms with Crippen LogP contribution in [0.3, 0.4) is 0 Å². The lowest BCUT2D eigenvalue weighted by molar-refractivity contribution is 0.0904. The third-order valence-corrected chi connectivity index (χ3v) is 11.0. The highest BCUT2D eigenvalue weighted by Crippen LogP contribution is 2.32. The van der Waals surface area contributed by atoms with Crippen LogP contribution in [0.2, 0.25) is 5.02 Å². The van der Waals surface area contributed by atoms with E-state index in [2.05, 4.69) is 76.0 Å². The fraction of sp³-hybridized carbons (Fsp3) is 0.395. The quantitative estimate of drug-likeness (QED) is 0.124. The van der Waals surface area contributed by atoms with Gasteiger partial charge in [-0.25, -0.2) is 9.67 Å². The van der Waals surface area contributed by atoms with Crippen LogP contribution in [0.4, 0.5) is 5.69 Å². The van der Waals surface area contributed by atoms with E-state index in [4.69, 9.17) is 21.3 Å². The molecule has 0 saturated carbocycles. The Morgan fingerprint density at radius 1 is 0.873 bits per heavy atom. The number of aromatic nitrogens is 3. The van der Waals surface area contributed by atoms with Crippen molar-refractivity contribution < 1.29 is 14.3 Å². The fourth-order valence-corrected chi connectivity index (χ4v) is 7.69. The van der Waals surface area contributed by atoms with E-state index in [0.29, 0.717) is 48.9 Å². The van der Waals surface area contributed by atoms with Crippen molar-refractivity contribution in [3.05, 3.63) is 111 Å². The molecule has 2 aliphatic rings. The molecule has 7 rings (SSSR count). The molecular weight excluding hydrogens is 712 g/mol. The number of amides is 2. The number of likely N-dealkylation sites (N-methyl/N-ethyl adjacent to an activating group) is 1. The predicted molar refractivity (Wildman–Crippen MR) is 218 cm³/mol. The van der Waals surface area contributed by atoms with Gasteiger partial charge in [-0.1, -0.05) is 48.9 Å². The molecule has 0 aliphatic carbocycles. The van der Waals surface area contributed by atoms with Crippen molar-refractivity contribution in [2.75, 3.05) is 51.8 Å². The lowest BCUT2D eigenvalue weighted by Crippen LogP contribution is -2.43. The molecule has 2 saturated heterocycles. The van der Waals surface area contributed by atoms with Gasteiger partial charge in [0.1, 0.15) is 0 Å². The van der Waals surface area contributed by atoms with Gasteiger partial charge >= 0.3 is 0 Å². The van der Waals surface area contributed by atoms with Crippen LogP contribution in [0.15, 0.2) is 72.9 Å². The third kappa shape index (κ3) is 9.19. The molecule has 55 heavy (non-hydrogen) atoms. The number of nitrogens with one attached hydrogen (secondary N) is 3. The Morgan fingerprint density at radius 2 is 1.60 bits per heavy atom. The molecule has 0 radical (unpaired) electrons. The summed E-state index contributed by atoms with van der Waals surface area (Å²) in [7, 11) is 2.17. The number of ether oxygens (including phenoxy) is 1. The van der Waals surface area contributed by atoms with E-state index < -0.39 is 0 Å². The molecule has 2 aromatic heterocycles. The Morgan fingerprint density at radius 3 is 2.33 bits per heavy atom. The van der Waals surface area contributed by atoms with E-state index in [1.54, 1.807) is 24.3 Å². The summed E-state index contributed by atoms with van der Waals surface area (Å²) in [6, 6.07) is 21.5. The topological polar surface area (TPSA) is 117 Å². The molecule has 0 atom stereocenters. The average molecular weight is 763 g/mol. The van der Waals surface area contributed by atoms with Gasteiger partial charge in [-0.2, -0.15) is 5.10 Å². The molecule has 288 valence electrons. The monoisotopic (exact) mass is 762 g/mol. The summed E-state index contributed by atoms with van der Waals surface area (Å²) in [5.74, 6) is -0.533. The van der Waals surface area contributed by atoms with Gasteiger partial charge in [-0.15, -0.1) is 0 Å². The summed E-state index contributed by atoms with van der Waals surface area (Å²) in [6.07, 6.45) is 4.36. The number of hydrogen-bond acceptors (Lipinski definition) is 8. The number of anilines is 1. The van der Waals surface area contributed by atoms with Gasteiger partial charge in [0.2, 0.25) is 0 Å². The Balaban J connectivity index is 1.01. The lowest BCUT2D eigenvalue weighted by Gasteiger charge is -2.32. The summed E-state index contributed by atoms with van der Waals surface area (Å²) < 4.78 is 7.51. The number of rotatable bonds is 13. The van der Waals surface area contributed by atoms with Crippen LogP contribution < -0.4 is 16.0 Å². The zero-order valence-corrected chi connectivity index (χ0v) is 32.8. The van der Waals surface area contributed by atoms with Crippen LogP contribution in [0, 0.1) is 0 Å². The predicted octanol–water partition coefficient (Wildman–Crippen LogP) is 6.53. The Hall–Kier alpha value is -4.81. The molecule has 0 unspecified atom stereocenters. The van der Waals surface area contributed by atoms with E-state index in [0.717, 1.165) is 90.2 Å². The normalized spacial score (nSPS) is 15.6. The van der Waals surface area contributed by atoms with Gasteiger partial charge in [-0.3, -0.25) is 14.5 Å². The molecule has 3 aromatic carbocycles. The molecule has 3 N–H and O–H groups in total.